The van der Waals surface area contributed by atoms with Crippen LogP contribution < -0.4 is 10.1 Å². The SMILES string of the molecule is CNC(C=O)C(c1ccccc1)c1ccc(OC)cc1. The second kappa shape index (κ2) is 6.87. The predicted octanol–water partition coefficient (Wildman–Crippen LogP) is 2.61. The third-order valence-electron chi connectivity index (χ3n) is 3.47. The number of carbonyl (C=O) groups excluding carboxylic acids is 1. The zero-order chi connectivity index (χ0) is 14.4. The molecule has 1 N–H and O–H groups in total. The molecular formula is C17H19NO2. The molecule has 2 aromatic carbocycles. The van der Waals surface area contributed by atoms with Gasteiger partial charge in [-0.3, -0.25) is 0 Å². The lowest BCUT2D eigenvalue weighted by Crippen LogP contribution is -2.34. The van der Waals surface area contributed by atoms with Crippen LogP contribution in [0.5, 0.6) is 5.75 Å². The van der Waals surface area contributed by atoms with Crippen LogP contribution in [0.25, 0.3) is 0 Å². The van der Waals surface area contributed by atoms with Crippen molar-refractivity contribution in [2.24, 2.45) is 0 Å². The Kier molecular flexibility index (Phi) is 4.91. The summed E-state index contributed by atoms with van der Waals surface area (Å²) in [6, 6.07) is 17.6. The molecule has 0 heterocycles. The topological polar surface area (TPSA) is 38.3 Å². The summed E-state index contributed by atoms with van der Waals surface area (Å²) < 4.78 is 5.18. The van der Waals surface area contributed by atoms with Crippen LogP contribution in [-0.4, -0.2) is 26.5 Å². The molecular weight excluding hydrogens is 250 g/mol. The standard InChI is InChI=1S/C17H19NO2/c1-18-16(12-19)17(13-6-4-3-5-7-13)14-8-10-15(20-2)11-9-14/h3-12,16-18H,1-2H3. The van der Waals surface area contributed by atoms with Gasteiger partial charge in [-0.25, -0.2) is 0 Å². The Balaban J connectivity index is 2.42. The quantitative estimate of drug-likeness (QED) is 0.819. The molecule has 2 rings (SSSR count). The minimum atomic E-state index is -0.259. The van der Waals surface area contributed by atoms with Crippen molar-refractivity contribution in [3.8, 4) is 5.75 Å². The van der Waals surface area contributed by atoms with Crippen molar-refractivity contribution >= 4 is 6.29 Å². The van der Waals surface area contributed by atoms with Crippen LogP contribution in [0.2, 0.25) is 0 Å². The molecule has 104 valence electrons. The number of rotatable bonds is 6. The minimum absolute atomic E-state index is 0.00962. The molecule has 0 radical (unpaired) electrons. The molecule has 0 saturated carbocycles. The fourth-order valence-electron chi connectivity index (χ4n) is 2.39. The van der Waals surface area contributed by atoms with Crippen LogP contribution in [0.15, 0.2) is 54.6 Å². The highest BCUT2D eigenvalue weighted by Crippen LogP contribution is 2.28. The summed E-state index contributed by atoms with van der Waals surface area (Å²) in [4.78, 5) is 11.4. The lowest BCUT2D eigenvalue weighted by Gasteiger charge is -2.23. The van der Waals surface area contributed by atoms with Crippen molar-refractivity contribution in [1.29, 1.82) is 0 Å². The Morgan fingerprint density at radius 3 is 2.10 bits per heavy atom. The van der Waals surface area contributed by atoms with Gasteiger partial charge in [0.15, 0.2) is 0 Å². The van der Waals surface area contributed by atoms with E-state index in [1.165, 1.54) is 0 Å². The van der Waals surface area contributed by atoms with Gasteiger partial charge in [-0.05, 0) is 30.3 Å². The Morgan fingerprint density at radius 2 is 1.60 bits per heavy atom. The van der Waals surface area contributed by atoms with E-state index in [1.54, 1.807) is 14.2 Å². The van der Waals surface area contributed by atoms with Crippen molar-refractivity contribution in [2.75, 3.05) is 14.2 Å². The van der Waals surface area contributed by atoms with E-state index in [-0.39, 0.29) is 12.0 Å². The minimum Gasteiger partial charge on any atom is -0.497 e. The normalized spacial score (nSPS) is 13.5. The van der Waals surface area contributed by atoms with Crippen LogP contribution in [0.4, 0.5) is 0 Å². The maximum atomic E-state index is 11.4. The summed E-state index contributed by atoms with van der Waals surface area (Å²) in [6.45, 7) is 0. The first kappa shape index (κ1) is 14.3. The summed E-state index contributed by atoms with van der Waals surface area (Å²) in [5.74, 6) is 0.803. The summed E-state index contributed by atoms with van der Waals surface area (Å²) in [6.07, 6.45) is 0.960. The number of hydrogen-bond donors (Lipinski definition) is 1. The van der Waals surface area contributed by atoms with Gasteiger partial charge in [0.25, 0.3) is 0 Å². The van der Waals surface area contributed by atoms with Gasteiger partial charge in [0.2, 0.25) is 0 Å². The third kappa shape index (κ3) is 3.06. The molecule has 0 aliphatic rings. The van der Waals surface area contributed by atoms with E-state index in [1.807, 2.05) is 54.6 Å². The molecule has 3 nitrogen and oxygen atoms in total. The molecule has 0 amide bonds. The highest BCUT2D eigenvalue weighted by atomic mass is 16.5. The summed E-state index contributed by atoms with van der Waals surface area (Å²) in [5.41, 5.74) is 2.20. The van der Waals surface area contributed by atoms with Crippen molar-refractivity contribution in [3.05, 3.63) is 65.7 Å². The molecule has 0 aliphatic carbocycles. The Morgan fingerprint density at radius 1 is 1.00 bits per heavy atom. The summed E-state index contributed by atoms with van der Waals surface area (Å²) in [5, 5.41) is 3.08. The molecule has 3 heteroatoms. The van der Waals surface area contributed by atoms with Gasteiger partial charge in [0.1, 0.15) is 12.0 Å². The van der Waals surface area contributed by atoms with E-state index in [0.29, 0.717) is 0 Å². The number of carbonyl (C=O) groups is 1. The van der Waals surface area contributed by atoms with E-state index in [4.69, 9.17) is 4.74 Å². The summed E-state index contributed by atoms with van der Waals surface area (Å²) >= 11 is 0. The lowest BCUT2D eigenvalue weighted by molar-refractivity contribution is -0.109. The van der Waals surface area contributed by atoms with Crippen LogP contribution >= 0.6 is 0 Å². The molecule has 0 fully saturated rings. The highest BCUT2D eigenvalue weighted by Gasteiger charge is 2.23. The van der Waals surface area contributed by atoms with Crippen LogP contribution in [0.1, 0.15) is 17.0 Å². The third-order valence-corrected chi connectivity index (χ3v) is 3.47. The van der Waals surface area contributed by atoms with E-state index in [0.717, 1.165) is 23.2 Å². The van der Waals surface area contributed by atoms with E-state index in [9.17, 15) is 4.79 Å². The molecule has 0 aromatic heterocycles. The lowest BCUT2D eigenvalue weighted by atomic mass is 9.85. The average molecular weight is 269 g/mol. The van der Waals surface area contributed by atoms with Gasteiger partial charge in [-0.15, -0.1) is 0 Å². The molecule has 2 aromatic rings. The van der Waals surface area contributed by atoms with Crippen molar-refractivity contribution < 1.29 is 9.53 Å². The molecule has 20 heavy (non-hydrogen) atoms. The van der Waals surface area contributed by atoms with Gasteiger partial charge >= 0.3 is 0 Å². The van der Waals surface area contributed by atoms with Crippen LogP contribution in [0.3, 0.4) is 0 Å². The van der Waals surface area contributed by atoms with E-state index in [2.05, 4.69) is 5.32 Å². The van der Waals surface area contributed by atoms with Gasteiger partial charge in [0.05, 0.1) is 13.2 Å². The molecule has 2 unspecified atom stereocenters. The number of nitrogens with one attached hydrogen (secondary N) is 1. The van der Waals surface area contributed by atoms with Gasteiger partial charge in [-0.1, -0.05) is 42.5 Å². The second-order valence-electron chi connectivity index (χ2n) is 4.61. The molecule has 0 spiro atoms. The van der Waals surface area contributed by atoms with Gasteiger partial charge in [-0.2, -0.15) is 0 Å². The van der Waals surface area contributed by atoms with Crippen molar-refractivity contribution in [1.82, 2.24) is 5.32 Å². The molecule has 0 bridgehead atoms. The molecule has 0 saturated heterocycles. The average Bonchev–Trinajstić information content (AvgIpc) is 2.53. The first-order valence-electron chi connectivity index (χ1n) is 6.61. The Labute approximate surface area is 119 Å². The van der Waals surface area contributed by atoms with E-state index >= 15 is 0 Å². The number of ether oxygens (including phenoxy) is 1. The monoisotopic (exact) mass is 269 g/mol. The fourth-order valence-corrected chi connectivity index (χ4v) is 2.39. The van der Waals surface area contributed by atoms with Gasteiger partial charge < -0.3 is 14.8 Å². The number of benzene rings is 2. The zero-order valence-corrected chi connectivity index (χ0v) is 11.7. The summed E-state index contributed by atoms with van der Waals surface area (Å²) in [7, 11) is 3.45. The van der Waals surface area contributed by atoms with E-state index < -0.39 is 0 Å². The zero-order valence-electron chi connectivity index (χ0n) is 11.7. The molecule has 2 atom stereocenters. The Bertz CT molecular complexity index is 537. The number of hydrogen-bond acceptors (Lipinski definition) is 3. The Hall–Kier alpha value is -2.13. The van der Waals surface area contributed by atoms with Crippen molar-refractivity contribution in [2.45, 2.75) is 12.0 Å². The maximum absolute atomic E-state index is 11.4. The fraction of sp³-hybridized carbons (Fsp3) is 0.235. The van der Waals surface area contributed by atoms with Crippen molar-refractivity contribution in [3.63, 3.8) is 0 Å². The maximum Gasteiger partial charge on any atom is 0.137 e. The number of likely N-dealkylation sites (N-methyl/N-ethyl adjacent to an activating group) is 1. The van der Waals surface area contributed by atoms with Crippen LogP contribution in [0, 0.1) is 0 Å². The smallest absolute Gasteiger partial charge is 0.137 e. The number of methoxy groups -OCH3 is 1. The second-order valence-corrected chi connectivity index (χ2v) is 4.61. The van der Waals surface area contributed by atoms with Crippen LogP contribution in [-0.2, 0) is 4.79 Å². The first-order valence-corrected chi connectivity index (χ1v) is 6.61. The highest BCUT2D eigenvalue weighted by molar-refractivity contribution is 5.62. The molecule has 0 aliphatic heterocycles. The first-order chi connectivity index (χ1) is 9.80. The number of aldehydes is 1. The largest absolute Gasteiger partial charge is 0.497 e. The van der Waals surface area contributed by atoms with Gasteiger partial charge in [0, 0.05) is 5.92 Å². The predicted molar refractivity (Wildman–Crippen MR) is 80.2 cm³/mol.